The SMILES string of the molecule is NC(=O)[C@H]1CCCN1Cc1ccccc1NC(=O)[C@@H]1CC=CCC1. The molecule has 5 nitrogen and oxygen atoms in total. The van der Waals surface area contributed by atoms with Crippen LogP contribution in [0, 0.1) is 5.92 Å². The molecule has 24 heavy (non-hydrogen) atoms. The van der Waals surface area contributed by atoms with Crippen molar-refractivity contribution < 1.29 is 9.59 Å². The van der Waals surface area contributed by atoms with Crippen LogP contribution < -0.4 is 11.1 Å². The zero-order valence-corrected chi connectivity index (χ0v) is 13.9. The molecule has 1 saturated heterocycles. The van der Waals surface area contributed by atoms with Gasteiger partial charge in [0.25, 0.3) is 0 Å². The van der Waals surface area contributed by atoms with Gasteiger partial charge in [-0.1, -0.05) is 30.4 Å². The molecule has 1 aromatic rings. The Labute approximate surface area is 142 Å². The van der Waals surface area contributed by atoms with Crippen LogP contribution in [0.3, 0.4) is 0 Å². The minimum Gasteiger partial charge on any atom is -0.368 e. The van der Waals surface area contributed by atoms with Crippen molar-refractivity contribution >= 4 is 17.5 Å². The number of carbonyl (C=O) groups is 2. The van der Waals surface area contributed by atoms with Gasteiger partial charge in [-0.05, 0) is 50.3 Å². The molecule has 3 rings (SSSR count). The van der Waals surface area contributed by atoms with E-state index in [0.717, 1.165) is 49.9 Å². The number of anilines is 1. The van der Waals surface area contributed by atoms with E-state index in [1.54, 1.807) is 0 Å². The molecule has 1 aliphatic carbocycles. The summed E-state index contributed by atoms with van der Waals surface area (Å²) in [6.45, 7) is 1.50. The standard InChI is InChI=1S/C19H25N3O2/c20-18(23)17-11-6-12-22(17)13-15-9-4-5-10-16(15)21-19(24)14-7-2-1-3-8-14/h1-2,4-5,9-10,14,17H,3,6-8,11-13H2,(H2,20,23)(H,21,24)/t14-,17-/m1/s1. The normalized spacial score (nSPS) is 24.0. The number of hydrogen-bond donors (Lipinski definition) is 2. The second kappa shape index (κ2) is 7.62. The van der Waals surface area contributed by atoms with Gasteiger partial charge in [-0.3, -0.25) is 14.5 Å². The van der Waals surface area contributed by atoms with Crippen molar-refractivity contribution in [3.63, 3.8) is 0 Å². The van der Waals surface area contributed by atoms with Gasteiger partial charge in [0, 0.05) is 18.2 Å². The molecule has 0 unspecified atom stereocenters. The summed E-state index contributed by atoms with van der Waals surface area (Å²) in [5.74, 6) is -0.129. The number of likely N-dealkylation sites (tertiary alicyclic amines) is 1. The summed E-state index contributed by atoms with van der Waals surface area (Å²) >= 11 is 0. The molecule has 1 fully saturated rings. The number of carbonyl (C=O) groups excluding carboxylic acids is 2. The Hall–Kier alpha value is -2.14. The average molecular weight is 327 g/mol. The summed E-state index contributed by atoms with van der Waals surface area (Å²) in [4.78, 5) is 26.2. The third-order valence-electron chi connectivity index (χ3n) is 4.98. The Morgan fingerprint density at radius 1 is 1.21 bits per heavy atom. The molecule has 1 aromatic carbocycles. The minimum absolute atomic E-state index is 0.0493. The van der Waals surface area contributed by atoms with Gasteiger partial charge in [0.15, 0.2) is 0 Å². The number of para-hydroxylation sites is 1. The van der Waals surface area contributed by atoms with Gasteiger partial charge in [0.1, 0.15) is 0 Å². The van der Waals surface area contributed by atoms with Gasteiger partial charge < -0.3 is 11.1 Å². The number of nitrogens with two attached hydrogens (primary N) is 1. The van der Waals surface area contributed by atoms with Crippen molar-refractivity contribution in [3.8, 4) is 0 Å². The highest BCUT2D eigenvalue weighted by atomic mass is 16.2. The lowest BCUT2D eigenvalue weighted by molar-refractivity contribution is -0.122. The number of benzene rings is 1. The summed E-state index contributed by atoms with van der Waals surface area (Å²) in [6, 6.07) is 7.63. The van der Waals surface area contributed by atoms with E-state index in [4.69, 9.17) is 5.73 Å². The molecule has 2 atom stereocenters. The van der Waals surface area contributed by atoms with Crippen LogP contribution in [0.15, 0.2) is 36.4 Å². The van der Waals surface area contributed by atoms with E-state index in [-0.39, 0.29) is 23.8 Å². The summed E-state index contributed by atoms with van der Waals surface area (Å²) in [5, 5.41) is 3.08. The number of hydrogen-bond acceptors (Lipinski definition) is 3. The van der Waals surface area contributed by atoms with E-state index in [2.05, 4.69) is 22.4 Å². The first-order chi connectivity index (χ1) is 11.6. The van der Waals surface area contributed by atoms with Gasteiger partial charge in [-0.25, -0.2) is 0 Å². The first-order valence-corrected chi connectivity index (χ1v) is 8.72. The number of amides is 2. The van der Waals surface area contributed by atoms with Crippen LogP contribution in [-0.2, 0) is 16.1 Å². The van der Waals surface area contributed by atoms with Crippen LogP contribution in [0.1, 0.15) is 37.7 Å². The highest BCUT2D eigenvalue weighted by molar-refractivity contribution is 5.93. The van der Waals surface area contributed by atoms with Gasteiger partial charge in [-0.15, -0.1) is 0 Å². The Kier molecular flexibility index (Phi) is 5.30. The lowest BCUT2D eigenvalue weighted by Crippen LogP contribution is -2.39. The minimum atomic E-state index is -0.261. The predicted molar refractivity (Wildman–Crippen MR) is 94.2 cm³/mol. The molecule has 2 amide bonds. The average Bonchev–Trinajstić information content (AvgIpc) is 3.06. The number of nitrogens with zero attached hydrogens (tertiary/aromatic N) is 1. The number of primary amides is 1. The zero-order valence-electron chi connectivity index (χ0n) is 13.9. The largest absolute Gasteiger partial charge is 0.368 e. The van der Waals surface area contributed by atoms with Gasteiger partial charge in [0.05, 0.1) is 6.04 Å². The number of rotatable bonds is 5. The van der Waals surface area contributed by atoms with E-state index in [1.807, 2.05) is 24.3 Å². The lowest BCUT2D eigenvalue weighted by Gasteiger charge is -2.24. The fraction of sp³-hybridized carbons (Fsp3) is 0.474. The molecule has 1 aliphatic heterocycles. The van der Waals surface area contributed by atoms with Crippen molar-refractivity contribution in [2.24, 2.45) is 11.7 Å². The van der Waals surface area contributed by atoms with E-state index in [9.17, 15) is 9.59 Å². The predicted octanol–water partition coefficient (Wildman–Crippen LogP) is 2.43. The summed E-state index contributed by atoms with van der Waals surface area (Å²) in [7, 11) is 0. The summed E-state index contributed by atoms with van der Waals surface area (Å²) in [5.41, 5.74) is 7.37. The molecule has 0 bridgehead atoms. The third-order valence-corrected chi connectivity index (χ3v) is 4.98. The molecule has 3 N–H and O–H groups in total. The lowest BCUT2D eigenvalue weighted by atomic mass is 9.93. The molecular formula is C19H25N3O2. The smallest absolute Gasteiger partial charge is 0.234 e. The van der Waals surface area contributed by atoms with E-state index < -0.39 is 0 Å². The molecule has 2 aliphatic rings. The fourth-order valence-corrected chi connectivity index (χ4v) is 3.60. The number of nitrogens with one attached hydrogen (secondary N) is 1. The quantitative estimate of drug-likeness (QED) is 0.816. The molecule has 0 spiro atoms. The molecule has 0 saturated carbocycles. The van der Waals surface area contributed by atoms with Crippen molar-refractivity contribution in [2.45, 2.75) is 44.7 Å². The number of allylic oxidation sites excluding steroid dienone is 2. The Bertz CT molecular complexity index is 641. The molecule has 0 radical (unpaired) electrons. The van der Waals surface area contributed by atoms with Gasteiger partial charge in [-0.2, -0.15) is 0 Å². The van der Waals surface area contributed by atoms with Crippen molar-refractivity contribution in [3.05, 3.63) is 42.0 Å². The van der Waals surface area contributed by atoms with E-state index in [0.29, 0.717) is 6.54 Å². The van der Waals surface area contributed by atoms with Crippen LogP contribution in [0.4, 0.5) is 5.69 Å². The van der Waals surface area contributed by atoms with Crippen LogP contribution in [0.25, 0.3) is 0 Å². The molecule has 1 heterocycles. The van der Waals surface area contributed by atoms with E-state index >= 15 is 0 Å². The second-order valence-electron chi connectivity index (χ2n) is 6.66. The van der Waals surface area contributed by atoms with Crippen LogP contribution >= 0.6 is 0 Å². The first kappa shape index (κ1) is 16.7. The van der Waals surface area contributed by atoms with Crippen molar-refractivity contribution in [2.75, 3.05) is 11.9 Å². The molecule has 0 aromatic heterocycles. The monoisotopic (exact) mass is 327 g/mol. The first-order valence-electron chi connectivity index (χ1n) is 8.72. The summed E-state index contributed by atoms with van der Waals surface area (Å²) < 4.78 is 0. The molecular weight excluding hydrogens is 302 g/mol. The Morgan fingerprint density at radius 2 is 2.04 bits per heavy atom. The van der Waals surface area contributed by atoms with Crippen LogP contribution in [0.5, 0.6) is 0 Å². The fourth-order valence-electron chi connectivity index (χ4n) is 3.60. The maximum atomic E-state index is 12.5. The van der Waals surface area contributed by atoms with Crippen LogP contribution in [0.2, 0.25) is 0 Å². The third kappa shape index (κ3) is 3.85. The highest BCUT2D eigenvalue weighted by Crippen LogP contribution is 2.25. The summed E-state index contributed by atoms with van der Waals surface area (Å²) in [6.07, 6.45) is 8.70. The second-order valence-corrected chi connectivity index (χ2v) is 6.66. The van der Waals surface area contributed by atoms with Crippen molar-refractivity contribution in [1.29, 1.82) is 0 Å². The van der Waals surface area contributed by atoms with Gasteiger partial charge in [0.2, 0.25) is 11.8 Å². The zero-order chi connectivity index (χ0) is 16.9. The maximum Gasteiger partial charge on any atom is 0.234 e. The maximum absolute atomic E-state index is 12.5. The molecule has 128 valence electrons. The topological polar surface area (TPSA) is 75.4 Å². The van der Waals surface area contributed by atoms with Crippen LogP contribution in [-0.4, -0.2) is 29.3 Å². The van der Waals surface area contributed by atoms with Gasteiger partial charge >= 0.3 is 0 Å². The molecule has 5 heteroatoms. The van der Waals surface area contributed by atoms with E-state index in [1.165, 1.54) is 0 Å². The Balaban J connectivity index is 1.70. The highest BCUT2D eigenvalue weighted by Gasteiger charge is 2.29. The Morgan fingerprint density at radius 3 is 2.79 bits per heavy atom. The van der Waals surface area contributed by atoms with Crippen molar-refractivity contribution in [1.82, 2.24) is 4.90 Å².